The first-order valence-corrected chi connectivity index (χ1v) is 8.36. The standard InChI is InChI=1S/C15H14N2OS2/c1-10-8-11(16)6-7-14(10)20(18)9-15-17-12-4-2-3-5-13(12)19-15/h2-8H,9,16H2,1H3. The second-order valence-corrected chi connectivity index (χ2v) is 7.12. The van der Waals surface area contributed by atoms with Crippen LogP contribution in [0, 0.1) is 6.92 Å². The zero-order valence-corrected chi connectivity index (χ0v) is 12.6. The van der Waals surface area contributed by atoms with E-state index in [-0.39, 0.29) is 0 Å². The van der Waals surface area contributed by atoms with Crippen molar-refractivity contribution in [3.8, 4) is 0 Å². The number of thiazole rings is 1. The zero-order chi connectivity index (χ0) is 14.1. The number of nitrogens with zero attached hydrogens (tertiary/aromatic N) is 1. The van der Waals surface area contributed by atoms with Crippen LogP contribution in [0.15, 0.2) is 47.4 Å². The molecule has 0 saturated carbocycles. The Bertz CT molecular complexity index is 762. The maximum absolute atomic E-state index is 12.5. The van der Waals surface area contributed by atoms with Crippen LogP contribution in [0.5, 0.6) is 0 Å². The van der Waals surface area contributed by atoms with Crippen LogP contribution in [-0.4, -0.2) is 9.19 Å². The molecule has 20 heavy (non-hydrogen) atoms. The Morgan fingerprint density at radius 2 is 2.05 bits per heavy atom. The van der Waals surface area contributed by atoms with Gasteiger partial charge in [0.25, 0.3) is 0 Å². The van der Waals surface area contributed by atoms with Crippen molar-refractivity contribution >= 4 is 38.0 Å². The highest BCUT2D eigenvalue weighted by Crippen LogP contribution is 2.25. The van der Waals surface area contributed by atoms with Gasteiger partial charge in [-0.05, 0) is 42.8 Å². The summed E-state index contributed by atoms with van der Waals surface area (Å²) in [5, 5.41) is 0.903. The molecule has 1 heterocycles. The first kappa shape index (κ1) is 13.3. The first-order valence-electron chi connectivity index (χ1n) is 6.22. The predicted molar refractivity (Wildman–Crippen MR) is 85.3 cm³/mol. The van der Waals surface area contributed by atoms with E-state index in [9.17, 15) is 4.21 Å². The van der Waals surface area contributed by atoms with Gasteiger partial charge in [-0.25, -0.2) is 4.98 Å². The van der Waals surface area contributed by atoms with Gasteiger partial charge in [0.15, 0.2) is 0 Å². The molecular formula is C15H14N2OS2. The maximum Gasteiger partial charge on any atom is 0.107 e. The summed E-state index contributed by atoms with van der Waals surface area (Å²) in [6.07, 6.45) is 0. The van der Waals surface area contributed by atoms with Crippen LogP contribution in [0.1, 0.15) is 10.6 Å². The van der Waals surface area contributed by atoms with Crippen LogP contribution in [0.2, 0.25) is 0 Å². The number of aryl methyl sites for hydroxylation is 1. The normalized spacial score (nSPS) is 12.7. The van der Waals surface area contributed by atoms with E-state index < -0.39 is 10.8 Å². The number of hydrogen-bond donors (Lipinski definition) is 1. The van der Waals surface area contributed by atoms with Crippen molar-refractivity contribution in [2.75, 3.05) is 5.73 Å². The molecule has 0 aliphatic carbocycles. The van der Waals surface area contributed by atoms with E-state index in [1.54, 1.807) is 17.4 Å². The molecule has 0 radical (unpaired) electrons. The van der Waals surface area contributed by atoms with E-state index in [4.69, 9.17) is 5.73 Å². The molecule has 2 aromatic carbocycles. The summed E-state index contributed by atoms with van der Waals surface area (Å²) in [5.41, 5.74) is 8.35. The Balaban J connectivity index is 1.88. The van der Waals surface area contributed by atoms with Gasteiger partial charge in [-0.2, -0.15) is 0 Å². The summed E-state index contributed by atoms with van der Waals surface area (Å²) in [6, 6.07) is 13.5. The van der Waals surface area contributed by atoms with Crippen molar-refractivity contribution in [2.45, 2.75) is 17.6 Å². The lowest BCUT2D eigenvalue weighted by Crippen LogP contribution is -1.99. The number of aromatic nitrogens is 1. The second kappa shape index (κ2) is 5.34. The minimum atomic E-state index is -1.09. The lowest BCUT2D eigenvalue weighted by Gasteiger charge is -2.05. The van der Waals surface area contributed by atoms with Gasteiger partial charge in [0.2, 0.25) is 0 Å². The largest absolute Gasteiger partial charge is 0.399 e. The van der Waals surface area contributed by atoms with Gasteiger partial charge in [0, 0.05) is 10.6 Å². The Labute approximate surface area is 123 Å². The van der Waals surface area contributed by atoms with E-state index >= 15 is 0 Å². The van der Waals surface area contributed by atoms with Crippen LogP contribution >= 0.6 is 11.3 Å². The fourth-order valence-electron chi connectivity index (χ4n) is 2.10. The predicted octanol–water partition coefficient (Wildman–Crippen LogP) is 3.49. The molecule has 102 valence electrons. The van der Waals surface area contributed by atoms with Gasteiger partial charge in [-0.3, -0.25) is 4.21 Å². The van der Waals surface area contributed by atoms with Crippen LogP contribution < -0.4 is 5.73 Å². The van der Waals surface area contributed by atoms with Crippen LogP contribution in [0.25, 0.3) is 10.2 Å². The van der Waals surface area contributed by atoms with E-state index in [1.807, 2.05) is 43.3 Å². The molecule has 0 saturated heterocycles. The molecule has 3 aromatic rings. The van der Waals surface area contributed by atoms with Crippen molar-refractivity contribution in [3.05, 3.63) is 53.0 Å². The van der Waals surface area contributed by atoms with E-state index in [0.29, 0.717) is 11.4 Å². The lowest BCUT2D eigenvalue weighted by atomic mass is 10.2. The molecule has 5 heteroatoms. The van der Waals surface area contributed by atoms with Gasteiger partial charge in [-0.1, -0.05) is 12.1 Å². The first-order chi connectivity index (χ1) is 9.63. The smallest absolute Gasteiger partial charge is 0.107 e. The highest BCUT2D eigenvalue weighted by Gasteiger charge is 2.11. The molecule has 1 atom stereocenters. The Morgan fingerprint density at radius 3 is 2.80 bits per heavy atom. The minimum absolute atomic E-state index is 0.449. The highest BCUT2D eigenvalue weighted by molar-refractivity contribution is 7.84. The molecule has 0 aliphatic heterocycles. The van der Waals surface area contributed by atoms with Crippen molar-refractivity contribution in [3.63, 3.8) is 0 Å². The molecule has 1 unspecified atom stereocenters. The summed E-state index contributed by atoms with van der Waals surface area (Å²) in [5.74, 6) is 0.449. The lowest BCUT2D eigenvalue weighted by molar-refractivity contribution is 0.682. The molecule has 0 bridgehead atoms. The fraction of sp³-hybridized carbons (Fsp3) is 0.133. The number of fused-ring (bicyclic) bond motifs is 1. The van der Waals surface area contributed by atoms with Crippen molar-refractivity contribution < 1.29 is 4.21 Å². The van der Waals surface area contributed by atoms with Gasteiger partial charge >= 0.3 is 0 Å². The van der Waals surface area contributed by atoms with Crippen LogP contribution in [-0.2, 0) is 16.6 Å². The van der Waals surface area contributed by atoms with Crippen molar-refractivity contribution in [1.82, 2.24) is 4.98 Å². The Hall–Kier alpha value is -1.72. The minimum Gasteiger partial charge on any atom is -0.399 e. The topological polar surface area (TPSA) is 56.0 Å². The maximum atomic E-state index is 12.5. The fourth-order valence-corrected chi connectivity index (χ4v) is 4.50. The van der Waals surface area contributed by atoms with Gasteiger partial charge in [0.1, 0.15) is 5.01 Å². The molecule has 2 N–H and O–H groups in total. The third-order valence-corrected chi connectivity index (χ3v) is 5.74. The average molecular weight is 302 g/mol. The summed E-state index contributed by atoms with van der Waals surface area (Å²) in [7, 11) is -1.09. The monoisotopic (exact) mass is 302 g/mol. The molecule has 1 aromatic heterocycles. The van der Waals surface area contributed by atoms with Crippen molar-refractivity contribution in [1.29, 1.82) is 0 Å². The molecule has 0 spiro atoms. The molecule has 0 aliphatic rings. The third kappa shape index (κ3) is 2.59. The second-order valence-electron chi connectivity index (χ2n) is 4.59. The molecule has 0 amide bonds. The SMILES string of the molecule is Cc1cc(N)ccc1S(=O)Cc1nc2ccccc2s1. The zero-order valence-electron chi connectivity index (χ0n) is 11.0. The van der Waals surface area contributed by atoms with E-state index in [2.05, 4.69) is 4.98 Å². The van der Waals surface area contributed by atoms with Gasteiger partial charge in [-0.15, -0.1) is 11.3 Å². The van der Waals surface area contributed by atoms with Gasteiger partial charge < -0.3 is 5.73 Å². The summed E-state index contributed by atoms with van der Waals surface area (Å²) < 4.78 is 13.6. The third-order valence-electron chi connectivity index (χ3n) is 3.04. The quantitative estimate of drug-likeness (QED) is 0.753. The van der Waals surface area contributed by atoms with Crippen LogP contribution in [0.3, 0.4) is 0 Å². The van der Waals surface area contributed by atoms with Crippen LogP contribution in [0.4, 0.5) is 5.69 Å². The number of para-hydroxylation sites is 1. The number of benzene rings is 2. The number of nitrogens with two attached hydrogens (primary N) is 1. The summed E-state index contributed by atoms with van der Waals surface area (Å²) >= 11 is 1.60. The summed E-state index contributed by atoms with van der Waals surface area (Å²) in [4.78, 5) is 5.36. The molecule has 0 fully saturated rings. The Morgan fingerprint density at radius 1 is 1.25 bits per heavy atom. The number of rotatable bonds is 3. The van der Waals surface area contributed by atoms with Crippen molar-refractivity contribution in [2.24, 2.45) is 0 Å². The number of nitrogen functional groups attached to an aromatic ring is 1. The Kier molecular flexibility index (Phi) is 3.54. The molecule has 3 rings (SSSR count). The molecule has 3 nitrogen and oxygen atoms in total. The molecular weight excluding hydrogens is 288 g/mol. The number of anilines is 1. The van der Waals surface area contributed by atoms with E-state index in [0.717, 1.165) is 25.7 Å². The highest BCUT2D eigenvalue weighted by atomic mass is 32.2. The number of hydrogen-bond acceptors (Lipinski definition) is 4. The van der Waals surface area contributed by atoms with E-state index in [1.165, 1.54) is 0 Å². The average Bonchev–Trinajstić information content (AvgIpc) is 2.80. The van der Waals surface area contributed by atoms with Gasteiger partial charge in [0.05, 0.1) is 26.8 Å². The summed E-state index contributed by atoms with van der Waals surface area (Å²) in [6.45, 7) is 1.93.